The quantitative estimate of drug-likeness (QED) is 0.828. The molecule has 0 aliphatic carbocycles. The maximum Gasteiger partial charge on any atom is 0.244 e. The van der Waals surface area contributed by atoms with Crippen LogP contribution in [0.25, 0.3) is 0 Å². The van der Waals surface area contributed by atoms with Crippen LogP contribution >= 0.6 is 0 Å². The number of aromatic nitrogens is 2. The minimum Gasteiger partial charge on any atom is -0.378 e. The van der Waals surface area contributed by atoms with Crippen LogP contribution in [-0.4, -0.2) is 60.2 Å². The molecule has 8 heteroatoms. The maximum atomic E-state index is 13.6. The smallest absolute Gasteiger partial charge is 0.244 e. The third-order valence-corrected chi connectivity index (χ3v) is 3.01. The van der Waals surface area contributed by atoms with Gasteiger partial charge < -0.3 is 20.3 Å². The number of nitrogens with zero attached hydrogens (tertiary/aromatic N) is 3. The minimum absolute atomic E-state index is 0.0125. The molecule has 1 fully saturated rings. The van der Waals surface area contributed by atoms with Crippen LogP contribution in [0.4, 0.5) is 16.2 Å². The third kappa shape index (κ3) is 3.32. The average molecular weight is 283 g/mol. The summed E-state index contributed by atoms with van der Waals surface area (Å²) in [7, 11) is 1.64. The molecule has 20 heavy (non-hydrogen) atoms. The second-order valence-electron chi connectivity index (χ2n) is 4.44. The van der Waals surface area contributed by atoms with Crippen LogP contribution in [0.1, 0.15) is 6.92 Å². The molecule has 2 rings (SSSR count). The fourth-order valence-corrected chi connectivity index (χ4v) is 1.91. The predicted octanol–water partition coefficient (Wildman–Crippen LogP) is 0.317. The van der Waals surface area contributed by atoms with Crippen LogP contribution in [0, 0.1) is 5.82 Å². The highest BCUT2D eigenvalue weighted by atomic mass is 19.1. The number of ether oxygens (including phenoxy) is 1. The van der Waals surface area contributed by atoms with Gasteiger partial charge in [-0.05, 0) is 6.92 Å². The summed E-state index contributed by atoms with van der Waals surface area (Å²) in [5.74, 6) is -0.388. The number of halogens is 1. The molecule has 110 valence electrons. The fourth-order valence-electron chi connectivity index (χ4n) is 1.91. The lowest BCUT2D eigenvalue weighted by Crippen LogP contribution is -2.47. The Hall–Kier alpha value is -1.96. The van der Waals surface area contributed by atoms with E-state index in [1.165, 1.54) is 0 Å². The molecule has 1 amide bonds. The summed E-state index contributed by atoms with van der Waals surface area (Å²) in [6.45, 7) is 3.85. The second kappa shape index (κ2) is 6.47. The van der Waals surface area contributed by atoms with E-state index in [1.54, 1.807) is 18.9 Å². The van der Waals surface area contributed by atoms with Gasteiger partial charge in [-0.1, -0.05) is 0 Å². The van der Waals surface area contributed by atoms with Gasteiger partial charge in [-0.3, -0.25) is 4.79 Å². The Morgan fingerprint density at radius 3 is 2.85 bits per heavy atom. The van der Waals surface area contributed by atoms with Gasteiger partial charge >= 0.3 is 0 Å². The summed E-state index contributed by atoms with van der Waals surface area (Å²) in [4.78, 5) is 21.6. The van der Waals surface area contributed by atoms with Crippen LogP contribution in [0.15, 0.2) is 6.20 Å². The van der Waals surface area contributed by atoms with Gasteiger partial charge in [0.05, 0.1) is 19.4 Å². The number of nitrogens with one attached hydrogen (secondary N) is 2. The van der Waals surface area contributed by atoms with E-state index in [4.69, 9.17) is 4.74 Å². The van der Waals surface area contributed by atoms with Crippen molar-refractivity contribution in [3.05, 3.63) is 12.0 Å². The zero-order valence-corrected chi connectivity index (χ0v) is 11.5. The topological polar surface area (TPSA) is 79.4 Å². The van der Waals surface area contributed by atoms with Gasteiger partial charge in [-0.15, -0.1) is 0 Å². The lowest BCUT2D eigenvalue weighted by Gasteiger charge is -2.29. The van der Waals surface area contributed by atoms with E-state index in [1.807, 2.05) is 0 Å². The van der Waals surface area contributed by atoms with Crippen LogP contribution in [0.2, 0.25) is 0 Å². The Balaban J connectivity index is 2.03. The van der Waals surface area contributed by atoms with Gasteiger partial charge in [0.15, 0.2) is 11.6 Å². The Kier molecular flexibility index (Phi) is 4.67. The third-order valence-electron chi connectivity index (χ3n) is 3.01. The van der Waals surface area contributed by atoms with Gasteiger partial charge in [0, 0.05) is 20.1 Å². The summed E-state index contributed by atoms with van der Waals surface area (Å²) < 4.78 is 18.8. The largest absolute Gasteiger partial charge is 0.378 e. The number of carbonyl (C=O) groups is 1. The molecule has 7 nitrogen and oxygen atoms in total. The first-order valence-electron chi connectivity index (χ1n) is 6.45. The first-order valence-corrected chi connectivity index (χ1v) is 6.45. The number of anilines is 2. The highest BCUT2D eigenvalue weighted by Gasteiger charge is 2.23. The van der Waals surface area contributed by atoms with Gasteiger partial charge in [-0.2, -0.15) is 4.98 Å². The SMILES string of the molecule is CNc1ncc(F)c(NC(C)C(=O)N2CCOCC2)n1. The van der Waals surface area contributed by atoms with Crippen LogP contribution in [-0.2, 0) is 9.53 Å². The molecule has 1 aliphatic rings. The van der Waals surface area contributed by atoms with Crippen molar-refractivity contribution in [3.8, 4) is 0 Å². The molecule has 1 saturated heterocycles. The van der Waals surface area contributed by atoms with Crippen LogP contribution < -0.4 is 10.6 Å². The summed E-state index contributed by atoms with van der Waals surface area (Å²) in [6, 6.07) is -0.567. The van der Waals surface area contributed by atoms with Gasteiger partial charge in [0.25, 0.3) is 0 Å². The summed E-state index contributed by atoms with van der Waals surface area (Å²) in [5.41, 5.74) is 0. The number of carbonyl (C=O) groups excluding carboxylic acids is 1. The number of hydrogen-bond acceptors (Lipinski definition) is 6. The molecule has 0 aromatic carbocycles. The van der Waals surface area contributed by atoms with Crippen molar-refractivity contribution in [2.24, 2.45) is 0 Å². The zero-order valence-electron chi connectivity index (χ0n) is 11.5. The van der Waals surface area contributed by atoms with Crippen molar-refractivity contribution in [3.63, 3.8) is 0 Å². The van der Waals surface area contributed by atoms with Crippen molar-refractivity contribution < 1.29 is 13.9 Å². The van der Waals surface area contributed by atoms with Crippen molar-refractivity contribution in [2.75, 3.05) is 44.0 Å². The summed E-state index contributed by atoms with van der Waals surface area (Å²) in [5, 5.41) is 5.50. The summed E-state index contributed by atoms with van der Waals surface area (Å²) in [6.07, 6.45) is 1.06. The summed E-state index contributed by atoms with van der Waals surface area (Å²) >= 11 is 0. The van der Waals surface area contributed by atoms with E-state index in [-0.39, 0.29) is 11.7 Å². The molecule has 1 aromatic rings. The molecular weight excluding hydrogens is 265 g/mol. The number of morpholine rings is 1. The van der Waals surface area contributed by atoms with Gasteiger partial charge in [-0.25, -0.2) is 9.37 Å². The van der Waals surface area contributed by atoms with Crippen molar-refractivity contribution in [1.29, 1.82) is 0 Å². The average Bonchev–Trinajstić information content (AvgIpc) is 2.49. The molecule has 0 bridgehead atoms. The van der Waals surface area contributed by atoms with Crippen LogP contribution in [0.5, 0.6) is 0 Å². The molecule has 0 saturated carbocycles. The Bertz CT molecular complexity index is 479. The van der Waals surface area contributed by atoms with E-state index >= 15 is 0 Å². The highest BCUT2D eigenvalue weighted by molar-refractivity contribution is 5.84. The lowest BCUT2D eigenvalue weighted by atomic mass is 10.2. The second-order valence-corrected chi connectivity index (χ2v) is 4.44. The van der Waals surface area contributed by atoms with Gasteiger partial charge in [0.2, 0.25) is 11.9 Å². The normalized spacial score (nSPS) is 16.6. The maximum absolute atomic E-state index is 13.6. The molecule has 0 spiro atoms. The molecule has 2 heterocycles. The minimum atomic E-state index is -0.592. The Morgan fingerprint density at radius 1 is 1.50 bits per heavy atom. The molecular formula is C12H18FN5O2. The first kappa shape index (κ1) is 14.4. The van der Waals surface area contributed by atoms with Crippen molar-refractivity contribution in [2.45, 2.75) is 13.0 Å². The molecule has 2 N–H and O–H groups in total. The zero-order chi connectivity index (χ0) is 14.5. The molecule has 1 unspecified atom stereocenters. The Morgan fingerprint density at radius 2 is 2.20 bits per heavy atom. The lowest BCUT2D eigenvalue weighted by molar-refractivity contribution is -0.135. The monoisotopic (exact) mass is 283 g/mol. The van der Waals surface area contributed by atoms with E-state index in [0.29, 0.717) is 32.3 Å². The molecule has 1 aromatic heterocycles. The predicted molar refractivity (Wildman–Crippen MR) is 72.0 cm³/mol. The standard InChI is InChI=1S/C12H18FN5O2/c1-8(11(19)18-3-5-20-6-4-18)16-10-9(13)7-15-12(14-2)17-10/h7-8H,3-6H2,1-2H3,(H2,14,15,16,17). The van der Waals surface area contributed by atoms with Gasteiger partial charge in [0.1, 0.15) is 6.04 Å². The Labute approximate surface area is 116 Å². The van der Waals surface area contributed by atoms with E-state index < -0.39 is 11.9 Å². The van der Waals surface area contributed by atoms with Crippen molar-refractivity contribution in [1.82, 2.24) is 14.9 Å². The molecule has 0 radical (unpaired) electrons. The first-order chi connectivity index (χ1) is 9.61. The van der Waals surface area contributed by atoms with E-state index in [9.17, 15) is 9.18 Å². The number of hydrogen-bond donors (Lipinski definition) is 2. The fraction of sp³-hybridized carbons (Fsp3) is 0.583. The van der Waals surface area contributed by atoms with E-state index in [0.717, 1.165) is 6.20 Å². The molecule has 1 aliphatic heterocycles. The number of amides is 1. The molecule has 1 atom stereocenters. The van der Waals surface area contributed by atoms with Crippen molar-refractivity contribution >= 4 is 17.7 Å². The highest BCUT2D eigenvalue weighted by Crippen LogP contribution is 2.13. The number of rotatable bonds is 4. The van der Waals surface area contributed by atoms with Crippen LogP contribution in [0.3, 0.4) is 0 Å². The van der Waals surface area contributed by atoms with E-state index in [2.05, 4.69) is 20.6 Å².